The molecule has 0 fully saturated rings. The Hall–Kier alpha value is -2.06. The van der Waals surface area contributed by atoms with Crippen LogP contribution in [0.2, 0.25) is 0 Å². The van der Waals surface area contributed by atoms with E-state index in [0.717, 1.165) is 0 Å². The SMILES string of the molecule is N/C(=N/O)c1cccc(NS(=O)(=O)c2cccc(Br)c2)c1. The van der Waals surface area contributed by atoms with Gasteiger partial charge in [-0.05, 0) is 30.3 Å². The predicted octanol–water partition coefficient (Wildman–Crippen LogP) is 2.34. The molecule has 0 heterocycles. The second-order valence-electron chi connectivity index (χ2n) is 4.13. The zero-order valence-electron chi connectivity index (χ0n) is 10.7. The number of halogens is 1. The molecule has 0 aliphatic carbocycles. The maximum Gasteiger partial charge on any atom is 0.261 e. The number of amidine groups is 1. The topological polar surface area (TPSA) is 105 Å². The molecular weight excluding hydrogens is 358 g/mol. The standard InChI is InChI=1S/C13H12BrN3O3S/c14-10-4-2-6-12(8-10)21(19,20)17-11-5-1-3-9(7-11)13(15)16-18/h1-8,17-18H,(H2,15,16). The van der Waals surface area contributed by atoms with Gasteiger partial charge < -0.3 is 10.9 Å². The molecule has 6 nitrogen and oxygen atoms in total. The van der Waals surface area contributed by atoms with Crippen LogP contribution in [0.1, 0.15) is 5.56 Å². The first-order valence-electron chi connectivity index (χ1n) is 5.79. The van der Waals surface area contributed by atoms with Crippen LogP contribution in [-0.2, 0) is 10.0 Å². The van der Waals surface area contributed by atoms with Crippen molar-refractivity contribution < 1.29 is 13.6 Å². The van der Waals surface area contributed by atoms with Gasteiger partial charge in [-0.15, -0.1) is 0 Å². The molecule has 4 N–H and O–H groups in total. The number of hydrogen-bond acceptors (Lipinski definition) is 4. The van der Waals surface area contributed by atoms with Gasteiger partial charge in [0.2, 0.25) is 0 Å². The fraction of sp³-hybridized carbons (Fsp3) is 0. The third kappa shape index (κ3) is 3.73. The van der Waals surface area contributed by atoms with E-state index in [2.05, 4.69) is 25.8 Å². The molecule has 0 spiro atoms. The molecule has 0 aliphatic heterocycles. The Balaban J connectivity index is 2.33. The van der Waals surface area contributed by atoms with Crippen molar-refractivity contribution in [3.05, 3.63) is 58.6 Å². The molecule has 2 aromatic rings. The van der Waals surface area contributed by atoms with Gasteiger partial charge in [0.1, 0.15) is 0 Å². The highest BCUT2D eigenvalue weighted by Crippen LogP contribution is 2.20. The van der Waals surface area contributed by atoms with E-state index in [9.17, 15) is 8.42 Å². The molecule has 0 saturated carbocycles. The summed E-state index contributed by atoms with van der Waals surface area (Å²) in [5.41, 5.74) is 6.20. The van der Waals surface area contributed by atoms with Crippen LogP contribution in [0.3, 0.4) is 0 Å². The molecule has 0 bridgehead atoms. The van der Waals surface area contributed by atoms with E-state index in [1.165, 1.54) is 18.2 Å². The van der Waals surface area contributed by atoms with Gasteiger partial charge in [-0.3, -0.25) is 4.72 Å². The first-order chi connectivity index (χ1) is 9.92. The molecular formula is C13H12BrN3O3S. The quantitative estimate of drug-likeness (QED) is 0.333. The molecule has 0 unspecified atom stereocenters. The van der Waals surface area contributed by atoms with Gasteiger partial charge in [0.25, 0.3) is 10.0 Å². The number of benzene rings is 2. The molecule has 0 atom stereocenters. The number of hydrogen-bond donors (Lipinski definition) is 3. The second-order valence-corrected chi connectivity index (χ2v) is 6.73. The summed E-state index contributed by atoms with van der Waals surface area (Å²) in [5.74, 6) is -0.0986. The van der Waals surface area contributed by atoms with Crippen LogP contribution in [0.4, 0.5) is 5.69 Å². The van der Waals surface area contributed by atoms with Crippen molar-refractivity contribution in [3.8, 4) is 0 Å². The van der Waals surface area contributed by atoms with E-state index in [4.69, 9.17) is 10.9 Å². The lowest BCUT2D eigenvalue weighted by atomic mass is 10.2. The van der Waals surface area contributed by atoms with E-state index in [-0.39, 0.29) is 10.7 Å². The highest BCUT2D eigenvalue weighted by molar-refractivity contribution is 9.10. The molecule has 8 heteroatoms. The predicted molar refractivity (Wildman–Crippen MR) is 83.9 cm³/mol. The number of anilines is 1. The summed E-state index contributed by atoms with van der Waals surface area (Å²) < 4.78 is 27.6. The summed E-state index contributed by atoms with van der Waals surface area (Å²) in [6.07, 6.45) is 0. The minimum absolute atomic E-state index is 0.0986. The fourth-order valence-electron chi connectivity index (χ4n) is 1.65. The van der Waals surface area contributed by atoms with Crippen LogP contribution < -0.4 is 10.5 Å². The first kappa shape index (κ1) is 15.3. The van der Waals surface area contributed by atoms with Crippen molar-refractivity contribution in [2.24, 2.45) is 10.9 Å². The molecule has 0 aliphatic rings. The van der Waals surface area contributed by atoms with Crippen molar-refractivity contribution in [1.82, 2.24) is 0 Å². The van der Waals surface area contributed by atoms with E-state index in [1.54, 1.807) is 30.3 Å². The average Bonchev–Trinajstić information content (AvgIpc) is 2.46. The first-order valence-corrected chi connectivity index (χ1v) is 8.06. The molecule has 0 amide bonds. The summed E-state index contributed by atoms with van der Waals surface area (Å²) in [6, 6.07) is 12.6. The minimum Gasteiger partial charge on any atom is -0.409 e. The number of sulfonamides is 1. The van der Waals surface area contributed by atoms with Crippen LogP contribution >= 0.6 is 15.9 Å². The Kier molecular flexibility index (Phi) is 4.49. The van der Waals surface area contributed by atoms with Crippen molar-refractivity contribution >= 4 is 37.5 Å². The summed E-state index contributed by atoms with van der Waals surface area (Å²) in [4.78, 5) is 0.131. The Morgan fingerprint density at radius 1 is 1.19 bits per heavy atom. The smallest absolute Gasteiger partial charge is 0.261 e. The lowest BCUT2D eigenvalue weighted by Crippen LogP contribution is -2.15. The van der Waals surface area contributed by atoms with Crippen molar-refractivity contribution in [3.63, 3.8) is 0 Å². The second kappa shape index (κ2) is 6.15. The van der Waals surface area contributed by atoms with Gasteiger partial charge in [-0.1, -0.05) is 39.3 Å². The van der Waals surface area contributed by atoms with Gasteiger partial charge in [0.05, 0.1) is 4.90 Å². The van der Waals surface area contributed by atoms with Gasteiger partial charge in [0, 0.05) is 15.7 Å². The van der Waals surface area contributed by atoms with Gasteiger partial charge in [-0.2, -0.15) is 0 Å². The monoisotopic (exact) mass is 369 g/mol. The van der Waals surface area contributed by atoms with Gasteiger partial charge in [0.15, 0.2) is 5.84 Å². The highest BCUT2D eigenvalue weighted by Gasteiger charge is 2.14. The third-order valence-corrected chi connectivity index (χ3v) is 4.50. The zero-order valence-corrected chi connectivity index (χ0v) is 13.1. The van der Waals surface area contributed by atoms with Crippen molar-refractivity contribution in [2.75, 3.05) is 4.72 Å². The maximum atomic E-state index is 12.3. The van der Waals surface area contributed by atoms with Gasteiger partial charge in [-0.25, -0.2) is 8.42 Å². The average molecular weight is 370 g/mol. The Morgan fingerprint density at radius 2 is 1.90 bits per heavy atom. The molecule has 21 heavy (non-hydrogen) atoms. The maximum absolute atomic E-state index is 12.3. The molecule has 0 saturated heterocycles. The van der Waals surface area contributed by atoms with E-state index >= 15 is 0 Å². The largest absolute Gasteiger partial charge is 0.409 e. The molecule has 110 valence electrons. The Labute approximate surface area is 130 Å². The van der Waals surface area contributed by atoms with E-state index in [1.807, 2.05) is 0 Å². The number of nitrogens with two attached hydrogens (primary N) is 1. The highest BCUT2D eigenvalue weighted by atomic mass is 79.9. The van der Waals surface area contributed by atoms with Crippen molar-refractivity contribution in [2.45, 2.75) is 4.90 Å². The third-order valence-electron chi connectivity index (χ3n) is 2.62. The lowest BCUT2D eigenvalue weighted by Gasteiger charge is -2.09. The number of rotatable bonds is 4. The van der Waals surface area contributed by atoms with Crippen molar-refractivity contribution in [1.29, 1.82) is 0 Å². The Morgan fingerprint density at radius 3 is 2.57 bits per heavy atom. The molecule has 2 rings (SSSR count). The molecule has 2 aromatic carbocycles. The number of nitrogens with one attached hydrogen (secondary N) is 1. The van der Waals surface area contributed by atoms with Gasteiger partial charge >= 0.3 is 0 Å². The number of oxime groups is 1. The molecule has 0 radical (unpaired) electrons. The zero-order chi connectivity index (χ0) is 15.5. The van der Waals surface area contributed by atoms with E-state index < -0.39 is 10.0 Å². The summed E-state index contributed by atoms with van der Waals surface area (Å²) in [6.45, 7) is 0. The van der Waals surface area contributed by atoms with Crippen LogP contribution in [0.25, 0.3) is 0 Å². The number of nitrogens with zero attached hydrogens (tertiary/aromatic N) is 1. The summed E-state index contributed by atoms with van der Waals surface area (Å²) in [5, 5.41) is 11.5. The van der Waals surface area contributed by atoms with E-state index in [0.29, 0.717) is 15.7 Å². The normalized spacial score (nSPS) is 12.1. The molecule has 0 aromatic heterocycles. The van der Waals surface area contributed by atoms with Crippen LogP contribution in [0.5, 0.6) is 0 Å². The summed E-state index contributed by atoms with van der Waals surface area (Å²) >= 11 is 3.23. The van der Waals surface area contributed by atoms with Crippen LogP contribution in [0.15, 0.2) is 63.1 Å². The lowest BCUT2D eigenvalue weighted by molar-refractivity contribution is 0.318. The summed E-state index contributed by atoms with van der Waals surface area (Å²) in [7, 11) is -3.71. The van der Waals surface area contributed by atoms with Crippen LogP contribution in [-0.4, -0.2) is 19.5 Å². The van der Waals surface area contributed by atoms with Crippen LogP contribution in [0, 0.1) is 0 Å². The fourth-order valence-corrected chi connectivity index (χ4v) is 3.29. The Bertz CT molecular complexity index is 791. The minimum atomic E-state index is -3.71.